The van der Waals surface area contributed by atoms with Gasteiger partial charge in [0.2, 0.25) is 5.78 Å². The number of benzene rings is 2. The number of aromatic nitrogens is 1. The molecule has 1 fully saturated rings. The summed E-state index contributed by atoms with van der Waals surface area (Å²) in [7, 11) is 0. The maximum atomic E-state index is 12.9. The van der Waals surface area contributed by atoms with Crippen molar-refractivity contribution in [3.63, 3.8) is 0 Å². The van der Waals surface area contributed by atoms with Gasteiger partial charge in [0, 0.05) is 31.4 Å². The lowest BCUT2D eigenvalue weighted by Gasteiger charge is -2.21. The Labute approximate surface area is 195 Å². The molecular weight excluding hydrogens is 412 g/mol. The Morgan fingerprint density at radius 3 is 2.64 bits per heavy atom. The number of ketones is 1. The topological polar surface area (TPSA) is 62.5 Å². The first kappa shape index (κ1) is 22.7. The zero-order valence-electron chi connectivity index (χ0n) is 19.1. The van der Waals surface area contributed by atoms with Crippen molar-refractivity contribution in [2.45, 2.75) is 39.4 Å². The maximum absolute atomic E-state index is 12.9. The maximum Gasteiger partial charge on any atom is 0.320 e. The van der Waals surface area contributed by atoms with Crippen LogP contribution in [0.1, 0.15) is 46.1 Å². The molecule has 2 heterocycles. The van der Waals surface area contributed by atoms with Crippen LogP contribution in [0.5, 0.6) is 0 Å². The Morgan fingerprint density at radius 2 is 1.88 bits per heavy atom. The van der Waals surface area contributed by atoms with Gasteiger partial charge < -0.3 is 9.67 Å². The molecule has 4 rings (SSSR count). The molecule has 1 aliphatic heterocycles. The summed E-state index contributed by atoms with van der Waals surface area (Å²) in [4.78, 5) is 26.5. The zero-order valence-corrected chi connectivity index (χ0v) is 19.1. The van der Waals surface area contributed by atoms with Crippen LogP contribution in [0.3, 0.4) is 0 Å². The molecule has 1 N–H and O–H groups in total. The molecule has 0 aliphatic carbocycles. The number of hydrogen-bond acceptors (Lipinski definition) is 3. The molecule has 5 heteroatoms. The van der Waals surface area contributed by atoms with Crippen LogP contribution in [0.25, 0.3) is 6.08 Å². The molecule has 1 saturated heterocycles. The van der Waals surface area contributed by atoms with Gasteiger partial charge in [-0.25, -0.2) is 0 Å². The van der Waals surface area contributed by atoms with Crippen LogP contribution in [0.4, 0.5) is 0 Å². The predicted molar refractivity (Wildman–Crippen MR) is 130 cm³/mol. The summed E-state index contributed by atoms with van der Waals surface area (Å²) in [6, 6.07) is 19.2. The number of hydrogen-bond donors (Lipinski definition) is 1. The first-order chi connectivity index (χ1) is 15.9. The van der Waals surface area contributed by atoms with E-state index in [4.69, 9.17) is 0 Å². The fourth-order valence-corrected chi connectivity index (χ4v) is 4.53. The van der Waals surface area contributed by atoms with Gasteiger partial charge in [0.05, 0.1) is 5.69 Å². The molecule has 170 valence electrons. The van der Waals surface area contributed by atoms with Gasteiger partial charge in [-0.2, -0.15) is 0 Å². The monoisotopic (exact) mass is 442 g/mol. The molecule has 0 radical (unpaired) electrons. The zero-order chi connectivity index (χ0) is 23.4. The van der Waals surface area contributed by atoms with Crippen molar-refractivity contribution in [2.75, 3.05) is 6.54 Å². The van der Waals surface area contributed by atoms with Gasteiger partial charge in [0.1, 0.15) is 6.04 Å². The van der Waals surface area contributed by atoms with Crippen molar-refractivity contribution >= 4 is 17.8 Å². The summed E-state index contributed by atoms with van der Waals surface area (Å²) in [5.74, 6) is -0.325. The highest BCUT2D eigenvalue weighted by atomic mass is 16.4. The Bertz CT molecular complexity index is 1160. The SMILES string of the molecule is Cc1ccc(C(=O)c2cccn2C/C=C/c2cccc(CN3CC(C)C[C@@H]3C(=O)O)c2)cc1. The number of aryl methyl sites for hydroxylation is 1. The number of carbonyl (C=O) groups is 2. The minimum atomic E-state index is -0.738. The van der Waals surface area contributed by atoms with Gasteiger partial charge in [-0.3, -0.25) is 14.5 Å². The molecule has 1 aromatic heterocycles. The molecule has 1 aliphatic rings. The van der Waals surface area contributed by atoms with Gasteiger partial charge in [-0.1, -0.05) is 73.2 Å². The summed E-state index contributed by atoms with van der Waals surface area (Å²) in [5, 5.41) is 9.51. The summed E-state index contributed by atoms with van der Waals surface area (Å²) in [5.41, 5.74) is 4.65. The van der Waals surface area contributed by atoms with Crippen molar-refractivity contribution in [3.8, 4) is 0 Å². The third kappa shape index (κ3) is 5.49. The van der Waals surface area contributed by atoms with E-state index in [-0.39, 0.29) is 5.78 Å². The third-order valence-corrected chi connectivity index (χ3v) is 6.22. The smallest absolute Gasteiger partial charge is 0.320 e. The standard InChI is InChI=1S/C28H30N2O3/c1-20-10-12-24(13-11-20)27(31)25-9-5-15-29(25)14-4-8-22-6-3-7-23(17-22)19-30-18-21(2)16-26(30)28(32)33/h3-13,15,17,21,26H,14,16,18-19H2,1-2H3,(H,32,33)/b8-4+/t21?,26-/m1/s1. The fourth-order valence-electron chi connectivity index (χ4n) is 4.53. The van der Waals surface area contributed by atoms with E-state index in [9.17, 15) is 14.7 Å². The average Bonchev–Trinajstić information content (AvgIpc) is 3.40. The Hall–Kier alpha value is -3.44. The average molecular weight is 443 g/mol. The lowest BCUT2D eigenvalue weighted by atomic mass is 10.1. The second-order valence-corrected chi connectivity index (χ2v) is 9.01. The Morgan fingerprint density at radius 1 is 1.09 bits per heavy atom. The van der Waals surface area contributed by atoms with Crippen LogP contribution in [0, 0.1) is 12.8 Å². The van der Waals surface area contributed by atoms with Crippen LogP contribution in [-0.2, 0) is 17.9 Å². The van der Waals surface area contributed by atoms with Crippen molar-refractivity contribution in [3.05, 3.63) is 101 Å². The van der Waals surface area contributed by atoms with Gasteiger partial charge in [0.15, 0.2) is 0 Å². The van der Waals surface area contributed by atoms with E-state index in [0.29, 0.717) is 36.7 Å². The number of carboxylic acid groups (broad SMARTS) is 1. The van der Waals surface area contributed by atoms with E-state index < -0.39 is 12.0 Å². The molecule has 0 bridgehead atoms. The summed E-state index contributed by atoms with van der Waals surface area (Å²) < 4.78 is 1.95. The Balaban J connectivity index is 1.42. The first-order valence-electron chi connectivity index (χ1n) is 11.4. The summed E-state index contributed by atoms with van der Waals surface area (Å²) >= 11 is 0. The van der Waals surface area contributed by atoms with E-state index in [1.807, 2.05) is 84.4 Å². The Kier molecular flexibility index (Phi) is 6.90. The largest absolute Gasteiger partial charge is 0.480 e. The first-order valence-corrected chi connectivity index (χ1v) is 11.4. The number of likely N-dealkylation sites (tertiary alicyclic amines) is 1. The minimum absolute atomic E-state index is 0.0169. The molecule has 0 saturated carbocycles. The van der Waals surface area contributed by atoms with Crippen LogP contribution >= 0.6 is 0 Å². The number of nitrogens with zero attached hydrogens (tertiary/aromatic N) is 2. The number of carboxylic acids is 1. The second kappa shape index (κ2) is 10.0. The van der Waals surface area contributed by atoms with Gasteiger partial charge in [0.25, 0.3) is 0 Å². The van der Waals surface area contributed by atoms with Crippen LogP contribution in [0.15, 0.2) is 72.9 Å². The molecule has 3 aromatic rings. The van der Waals surface area contributed by atoms with Gasteiger partial charge in [-0.05, 0) is 42.5 Å². The summed E-state index contributed by atoms with van der Waals surface area (Å²) in [6.07, 6.45) is 6.71. The molecule has 2 aromatic carbocycles. The van der Waals surface area contributed by atoms with E-state index in [1.54, 1.807) is 0 Å². The lowest BCUT2D eigenvalue weighted by Crippen LogP contribution is -2.35. The molecular formula is C28H30N2O3. The van der Waals surface area contributed by atoms with Crippen molar-refractivity contribution in [1.29, 1.82) is 0 Å². The third-order valence-electron chi connectivity index (χ3n) is 6.22. The molecule has 2 atom stereocenters. The highest BCUT2D eigenvalue weighted by Crippen LogP contribution is 2.25. The minimum Gasteiger partial charge on any atom is -0.480 e. The van der Waals surface area contributed by atoms with Crippen LogP contribution < -0.4 is 0 Å². The fraction of sp³-hybridized carbons (Fsp3) is 0.286. The van der Waals surface area contributed by atoms with E-state index in [2.05, 4.69) is 17.9 Å². The van der Waals surface area contributed by atoms with Crippen LogP contribution in [-0.4, -0.2) is 38.9 Å². The van der Waals surface area contributed by atoms with E-state index in [1.165, 1.54) is 0 Å². The number of carbonyl (C=O) groups excluding carboxylic acids is 1. The predicted octanol–water partition coefficient (Wildman–Crippen LogP) is 5.04. The van der Waals surface area contributed by atoms with Crippen molar-refractivity contribution < 1.29 is 14.7 Å². The second-order valence-electron chi connectivity index (χ2n) is 9.01. The number of rotatable bonds is 8. The van der Waals surface area contributed by atoms with Crippen molar-refractivity contribution in [2.24, 2.45) is 5.92 Å². The normalized spacial score (nSPS) is 18.7. The van der Waals surface area contributed by atoms with E-state index in [0.717, 1.165) is 23.2 Å². The molecule has 0 spiro atoms. The van der Waals surface area contributed by atoms with Crippen molar-refractivity contribution in [1.82, 2.24) is 9.47 Å². The highest BCUT2D eigenvalue weighted by Gasteiger charge is 2.34. The lowest BCUT2D eigenvalue weighted by molar-refractivity contribution is -0.142. The summed E-state index contributed by atoms with van der Waals surface area (Å²) in [6.45, 7) is 6.15. The van der Waals surface area contributed by atoms with Gasteiger partial charge in [-0.15, -0.1) is 0 Å². The number of aliphatic carboxylic acids is 1. The molecule has 5 nitrogen and oxygen atoms in total. The van der Waals surface area contributed by atoms with Crippen LogP contribution in [0.2, 0.25) is 0 Å². The van der Waals surface area contributed by atoms with Gasteiger partial charge >= 0.3 is 5.97 Å². The number of allylic oxidation sites excluding steroid dienone is 1. The molecule has 1 unspecified atom stereocenters. The highest BCUT2D eigenvalue weighted by molar-refractivity contribution is 6.08. The van der Waals surface area contributed by atoms with E-state index >= 15 is 0 Å². The quantitative estimate of drug-likeness (QED) is 0.497. The molecule has 33 heavy (non-hydrogen) atoms. The molecule has 0 amide bonds.